The van der Waals surface area contributed by atoms with E-state index in [-0.39, 0.29) is 6.10 Å². The van der Waals surface area contributed by atoms with Crippen LogP contribution in [-0.2, 0) is 4.84 Å². The first-order valence-electron chi connectivity index (χ1n) is 6.33. The van der Waals surface area contributed by atoms with E-state index in [2.05, 4.69) is 10.1 Å². The highest BCUT2D eigenvalue weighted by Gasteiger charge is 2.24. The van der Waals surface area contributed by atoms with Crippen molar-refractivity contribution in [2.45, 2.75) is 12.5 Å². The fourth-order valence-corrected chi connectivity index (χ4v) is 2.14. The van der Waals surface area contributed by atoms with E-state index in [4.69, 9.17) is 14.9 Å². The normalized spacial score (nSPS) is 17.5. The zero-order chi connectivity index (χ0) is 13.9. The second-order valence-corrected chi connectivity index (χ2v) is 4.62. The molecule has 0 fully saturated rings. The molecule has 1 atom stereocenters. The lowest BCUT2D eigenvalue weighted by atomic mass is 9.80. The summed E-state index contributed by atoms with van der Waals surface area (Å²) in [5.74, 6) is 0. The predicted molar refractivity (Wildman–Crippen MR) is 75.5 cm³/mol. The van der Waals surface area contributed by atoms with Crippen molar-refractivity contribution in [3.8, 4) is 0 Å². The first-order chi connectivity index (χ1) is 9.74. The Morgan fingerprint density at radius 1 is 1.15 bits per heavy atom. The van der Waals surface area contributed by atoms with Crippen molar-refractivity contribution in [2.24, 2.45) is 5.16 Å². The van der Waals surface area contributed by atoms with Crippen LogP contribution in [0.25, 0.3) is 0 Å². The highest BCUT2D eigenvalue weighted by atomic mass is 16.6. The van der Waals surface area contributed by atoms with E-state index >= 15 is 0 Å². The van der Waals surface area contributed by atoms with Gasteiger partial charge in [0, 0.05) is 24.4 Å². The van der Waals surface area contributed by atoms with E-state index in [1.807, 2.05) is 24.3 Å². The number of rotatable bonds is 3. The third-order valence-corrected chi connectivity index (χ3v) is 3.27. The molecule has 3 rings (SSSR count). The summed E-state index contributed by atoms with van der Waals surface area (Å²) in [6, 6.07) is 10.8. The molecule has 0 saturated carbocycles. The van der Waals surface area contributed by atoms with Crippen molar-refractivity contribution in [3.05, 3.63) is 59.9 Å². The van der Waals surface area contributed by atoms with Crippen LogP contribution in [0.3, 0.4) is 0 Å². The lowest BCUT2D eigenvalue weighted by molar-refractivity contribution is 0.0855. The number of hydrogen-bond acceptors (Lipinski definition) is 5. The fraction of sp³-hybridized carbons (Fsp3) is 0.143. The molecule has 1 aliphatic heterocycles. The smallest absolute Gasteiger partial charge is 0.423 e. The Morgan fingerprint density at radius 2 is 1.95 bits per heavy atom. The molecule has 100 valence electrons. The molecule has 1 unspecified atom stereocenters. The average molecular weight is 268 g/mol. The highest BCUT2D eigenvalue weighted by Crippen LogP contribution is 2.28. The van der Waals surface area contributed by atoms with Crippen LogP contribution in [0, 0.1) is 0 Å². The molecule has 0 spiro atoms. The molecule has 0 bridgehead atoms. The lowest BCUT2D eigenvalue weighted by Crippen LogP contribution is -2.29. The number of nitrogens with zero attached hydrogens (tertiary/aromatic N) is 2. The van der Waals surface area contributed by atoms with E-state index in [0.29, 0.717) is 11.9 Å². The molecule has 2 aromatic rings. The topological polar surface area (TPSA) is 74.9 Å². The van der Waals surface area contributed by atoms with Gasteiger partial charge in [-0.2, -0.15) is 0 Å². The van der Waals surface area contributed by atoms with Crippen molar-refractivity contribution in [3.63, 3.8) is 0 Å². The Bertz CT molecular complexity index is 614. The summed E-state index contributed by atoms with van der Waals surface area (Å²) in [5.41, 5.74) is 3.21. The van der Waals surface area contributed by atoms with Gasteiger partial charge in [-0.15, -0.1) is 0 Å². The van der Waals surface area contributed by atoms with Gasteiger partial charge in [0.15, 0.2) is 6.10 Å². The summed E-state index contributed by atoms with van der Waals surface area (Å²) >= 11 is 0. The summed E-state index contributed by atoms with van der Waals surface area (Å²) in [4.78, 5) is 9.50. The summed E-state index contributed by atoms with van der Waals surface area (Å²) in [6.07, 6.45) is 4.06. The van der Waals surface area contributed by atoms with Crippen LogP contribution >= 0.6 is 0 Å². The van der Waals surface area contributed by atoms with E-state index < -0.39 is 7.12 Å². The zero-order valence-electron chi connectivity index (χ0n) is 10.7. The maximum absolute atomic E-state index is 9.06. The first kappa shape index (κ1) is 12.8. The second kappa shape index (κ2) is 5.44. The summed E-state index contributed by atoms with van der Waals surface area (Å²) in [7, 11) is -1.45. The van der Waals surface area contributed by atoms with Gasteiger partial charge < -0.3 is 14.9 Å². The van der Waals surface area contributed by atoms with Crippen LogP contribution in [0.15, 0.2) is 53.9 Å². The van der Waals surface area contributed by atoms with Gasteiger partial charge >= 0.3 is 7.12 Å². The maximum Gasteiger partial charge on any atom is 0.488 e. The van der Waals surface area contributed by atoms with Gasteiger partial charge in [-0.25, -0.2) is 0 Å². The molecule has 0 saturated heterocycles. The lowest BCUT2D eigenvalue weighted by Gasteiger charge is -2.07. The Morgan fingerprint density at radius 3 is 2.60 bits per heavy atom. The zero-order valence-corrected chi connectivity index (χ0v) is 10.7. The van der Waals surface area contributed by atoms with Gasteiger partial charge in [-0.3, -0.25) is 4.98 Å². The van der Waals surface area contributed by atoms with Gasteiger partial charge in [-0.05, 0) is 17.1 Å². The minimum absolute atomic E-state index is 0.109. The monoisotopic (exact) mass is 268 g/mol. The largest absolute Gasteiger partial charge is 0.488 e. The Kier molecular flexibility index (Phi) is 3.49. The van der Waals surface area contributed by atoms with Gasteiger partial charge in [-0.1, -0.05) is 35.5 Å². The third kappa shape index (κ3) is 2.56. The molecular weight excluding hydrogens is 255 g/mol. The quantitative estimate of drug-likeness (QED) is 0.800. The molecule has 2 heterocycles. The van der Waals surface area contributed by atoms with Crippen LogP contribution in [0.4, 0.5) is 0 Å². The Labute approximate surface area is 116 Å². The van der Waals surface area contributed by atoms with Crippen molar-refractivity contribution in [1.29, 1.82) is 0 Å². The van der Waals surface area contributed by atoms with Gasteiger partial charge in [0.05, 0.1) is 5.71 Å². The van der Waals surface area contributed by atoms with Crippen molar-refractivity contribution in [2.75, 3.05) is 0 Å². The summed E-state index contributed by atoms with van der Waals surface area (Å²) < 4.78 is 0. The predicted octanol–water partition coefficient (Wildman–Crippen LogP) is 0.627. The van der Waals surface area contributed by atoms with E-state index in [1.165, 1.54) is 0 Å². The minimum Gasteiger partial charge on any atom is -0.423 e. The number of aromatic nitrogens is 1. The third-order valence-electron chi connectivity index (χ3n) is 3.27. The molecule has 20 heavy (non-hydrogen) atoms. The number of hydrogen-bond donors (Lipinski definition) is 2. The number of oxime groups is 1. The molecule has 2 N–H and O–H groups in total. The van der Waals surface area contributed by atoms with Crippen molar-refractivity contribution < 1.29 is 14.9 Å². The van der Waals surface area contributed by atoms with Crippen LogP contribution in [-0.4, -0.2) is 27.9 Å². The molecule has 1 aliphatic rings. The second-order valence-electron chi connectivity index (χ2n) is 4.62. The molecule has 5 nitrogen and oxygen atoms in total. The summed E-state index contributed by atoms with van der Waals surface area (Å²) in [6.45, 7) is 0. The SMILES string of the molecule is OB(O)c1ccc(C2=NOC(c3cccnc3)C2)cc1. The minimum atomic E-state index is -1.45. The standard InChI is InChI=1S/C14H13BN2O3/c18-15(19)12-5-3-10(4-6-12)13-8-14(20-17-13)11-2-1-7-16-9-11/h1-7,9,14,18-19H,8H2. The van der Waals surface area contributed by atoms with Crippen LogP contribution in [0.2, 0.25) is 0 Å². The van der Waals surface area contributed by atoms with Gasteiger partial charge in [0.25, 0.3) is 0 Å². The maximum atomic E-state index is 9.06. The molecule has 0 aliphatic carbocycles. The van der Waals surface area contributed by atoms with Crippen LogP contribution < -0.4 is 5.46 Å². The Hall–Kier alpha value is -2.18. The fourth-order valence-electron chi connectivity index (χ4n) is 2.14. The molecule has 6 heteroatoms. The van der Waals surface area contributed by atoms with Crippen molar-refractivity contribution in [1.82, 2.24) is 4.98 Å². The average Bonchev–Trinajstić information content (AvgIpc) is 2.98. The molecular formula is C14H13BN2O3. The van der Waals surface area contributed by atoms with E-state index in [0.717, 1.165) is 16.8 Å². The molecule has 1 aromatic carbocycles. The Balaban J connectivity index is 1.74. The van der Waals surface area contributed by atoms with Crippen LogP contribution in [0.5, 0.6) is 0 Å². The van der Waals surface area contributed by atoms with Gasteiger partial charge in [0.2, 0.25) is 0 Å². The van der Waals surface area contributed by atoms with Crippen molar-refractivity contribution >= 4 is 18.3 Å². The number of pyridine rings is 1. The van der Waals surface area contributed by atoms with E-state index in [9.17, 15) is 0 Å². The first-order valence-corrected chi connectivity index (χ1v) is 6.33. The molecule has 0 amide bonds. The highest BCUT2D eigenvalue weighted by molar-refractivity contribution is 6.58. The molecule has 0 radical (unpaired) electrons. The summed E-state index contributed by atoms with van der Waals surface area (Å²) in [5, 5.41) is 22.2. The van der Waals surface area contributed by atoms with Gasteiger partial charge in [0.1, 0.15) is 0 Å². The van der Waals surface area contributed by atoms with E-state index in [1.54, 1.807) is 24.5 Å². The number of benzene rings is 1. The van der Waals surface area contributed by atoms with Crippen LogP contribution in [0.1, 0.15) is 23.7 Å². The molecule has 1 aromatic heterocycles.